The monoisotopic (exact) mass is 321 g/mol. The molecule has 1 aromatic rings. The summed E-state index contributed by atoms with van der Waals surface area (Å²) < 4.78 is 50.6. The molecule has 4 nitrogen and oxygen atoms in total. The zero-order valence-corrected chi connectivity index (χ0v) is 11.7. The molecular weight excluding hydrogens is 306 g/mol. The number of rotatable bonds is 6. The third-order valence-electron chi connectivity index (χ3n) is 2.99. The molecule has 1 rings (SSSR count). The lowest BCUT2D eigenvalue weighted by Crippen LogP contribution is -2.40. The quantitative estimate of drug-likeness (QED) is 0.791. The second-order valence-electron chi connectivity index (χ2n) is 4.70. The molecule has 0 radical (unpaired) electrons. The summed E-state index contributed by atoms with van der Waals surface area (Å²) in [5.74, 6) is -3.77. The Morgan fingerprint density at radius 3 is 2.41 bits per heavy atom. The van der Waals surface area contributed by atoms with Gasteiger partial charge in [0.25, 0.3) is 5.91 Å². The van der Waals surface area contributed by atoms with E-state index in [1.807, 2.05) is 6.92 Å². The molecule has 0 fully saturated rings. The van der Waals surface area contributed by atoms with Gasteiger partial charge in [0.05, 0.1) is 5.56 Å². The summed E-state index contributed by atoms with van der Waals surface area (Å²) >= 11 is 0. The van der Waals surface area contributed by atoms with Gasteiger partial charge < -0.3 is 10.4 Å². The Hall–Kier alpha value is -2.12. The van der Waals surface area contributed by atoms with E-state index in [0.29, 0.717) is 25.0 Å². The lowest BCUT2D eigenvalue weighted by atomic mass is 10.1. The Morgan fingerprint density at radius 2 is 1.95 bits per heavy atom. The van der Waals surface area contributed by atoms with Crippen molar-refractivity contribution >= 4 is 11.9 Å². The van der Waals surface area contributed by atoms with Crippen molar-refractivity contribution in [2.75, 3.05) is 0 Å². The van der Waals surface area contributed by atoms with E-state index in [4.69, 9.17) is 5.11 Å². The zero-order valence-electron chi connectivity index (χ0n) is 11.7. The van der Waals surface area contributed by atoms with Crippen molar-refractivity contribution in [2.45, 2.75) is 38.4 Å². The first-order valence-corrected chi connectivity index (χ1v) is 6.57. The van der Waals surface area contributed by atoms with Gasteiger partial charge in [0.2, 0.25) is 0 Å². The molecular formula is C14H15F4NO3. The van der Waals surface area contributed by atoms with E-state index in [1.54, 1.807) is 0 Å². The van der Waals surface area contributed by atoms with Crippen molar-refractivity contribution in [3.8, 4) is 0 Å². The first kappa shape index (κ1) is 17.9. The van der Waals surface area contributed by atoms with E-state index < -0.39 is 35.5 Å². The van der Waals surface area contributed by atoms with Crippen LogP contribution >= 0.6 is 0 Å². The standard InChI is InChI=1S/C14H15F4NO3/c1-2-3-4-11(13(21)22)19-12(20)8-5-6-9(10(15)7-8)14(16,17)18/h5-7,11H,2-4H2,1H3,(H,19,20)(H,21,22)/t11-/m0/s1. The number of carboxylic acid groups (broad SMARTS) is 1. The number of alkyl halides is 3. The van der Waals surface area contributed by atoms with Crippen molar-refractivity contribution < 1.29 is 32.3 Å². The van der Waals surface area contributed by atoms with Crippen LogP contribution in [0.2, 0.25) is 0 Å². The van der Waals surface area contributed by atoms with Gasteiger partial charge in [-0.05, 0) is 24.6 Å². The predicted molar refractivity (Wildman–Crippen MR) is 69.8 cm³/mol. The number of carboxylic acids is 1. The van der Waals surface area contributed by atoms with Crippen molar-refractivity contribution in [2.24, 2.45) is 0 Å². The van der Waals surface area contributed by atoms with Gasteiger partial charge in [-0.2, -0.15) is 13.2 Å². The molecule has 0 aliphatic rings. The summed E-state index contributed by atoms with van der Waals surface area (Å²) in [6.45, 7) is 1.84. The summed E-state index contributed by atoms with van der Waals surface area (Å²) in [5.41, 5.74) is -1.85. The van der Waals surface area contributed by atoms with Crippen LogP contribution in [0.15, 0.2) is 18.2 Å². The van der Waals surface area contributed by atoms with E-state index in [1.165, 1.54) is 0 Å². The first-order chi connectivity index (χ1) is 10.2. The average Bonchev–Trinajstić information content (AvgIpc) is 2.41. The Balaban J connectivity index is 2.89. The van der Waals surface area contributed by atoms with E-state index in [0.717, 1.165) is 6.07 Å². The van der Waals surface area contributed by atoms with Crippen LogP contribution in [-0.4, -0.2) is 23.0 Å². The molecule has 0 aliphatic heterocycles. The number of amides is 1. The summed E-state index contributed by atoms with van der Waals surface area (Å²) in [6.07, 6.45) is -3.41. The number of hydrogen-bond acceptors (Lipinski definition) is 2. The van der Waals surface area contributed by atoms with Gasteiger partial charge >= 0.3 is 12.1 Å². The van der Waals surface area contributed by atoms with E-state index in [-0.39, 0.29) is 12.0 Å². The van der Waals surface area contributed by atoms with Crippen molar-refractivity contribution in [3.63, 3.8) is 0 Å². The van der Waals surface area contributed by atoms with Crippen LogP contribution in [0.5, 0.6) is 0 Å². The van der Waals surface area contributed by atoms with Crippen LogP contribution in [0, 0.1) is 5.82 Å². The smallest absolute Gasteiger partial charge is 0.419 e. The molecule has 2 N–H and O–H groups in total. The van der Waals surface area contributed by atoms with Crippen molar-refractivity contribution in [1.29, 1.82) is 0 Å². The number of carbonyl (C=O) groups excluding carboxylic acids is 1. The predicted octanol–water partition coefficient (Wildman–Crippen LogP) is 3.22. The Kier molecular flexibility index (Phi) is 5.90. The van der Waals surface area contributed by atoms with Gasteiger partial charge in [0, 0.05) is 5.56 Å². The van der Waals surface area contributed by atoms with Gasteiger partial charge in [-0.3, -0.25) is 4.79 Å². The molecule has 0 aromatic heterocycles. The lowest BCUT2D eigenvalue weighted by Gasteiger charge is -2.15. The van der Waals surface area contributed by atoms with Gasteiger partial charge in [0.15, 0.2) is 0 Å². The number of hydrogen-bond donors (Lipinski definition) is 2. The number of benzene rings is 1. The van der Waals surface area contributed by atoms with Crippen LogP contribution in [0.25, 0.3) is 0 Å². The van der Waals surface area contributed by atoms with Gasteiger partial charge in [-0.15, -0.1) is 0 Å². The summed E-state index contributed by atoms with van der Waals surface area (Å²) in [4.78, 5) is 22.8. The minimum Gasteiger partial charge on any atom is -0.480 e. The van der Waals surface area contributed by atoms with Crippen LogP contribution in [0.3, 0.4) is 0 Å². The number of unbranched alkanes of at least 4 members (excludes halogenated alkanes) is 1. The largest absolute Gasteiger partial charge is 0.480 e. The fourth-order valence-electron chi connectivity index (χ4n) is 1.79. The molecule has 0 saturated carbocycles. The number of halogens is 4. The normalized spacial score (nSPS) is 12.8. The third-order valence-corrected chi connectivity index (χ3v) is 2.99. The van der Waals surface area contributed by atoms with Crippen LogP contribution in [-0.2, 0) is 11.0 Å². The second kappa shape index (κ2) is 7.24. The Morgan fingerprint density at radius 1 is 1.32 bits per heavy atom. The molecule has 1 amide bonds. The molecule has 1 atom stereocenters. The molecule has 22 heavy (non-hydrogen) atoms. The van der Waals surface area contributed by atoms with Crippen LogP contribution < -0.4 is 5.32 Å². The maximum absolute atomic E-state index is 13.4. The highest BCUT2D eigenvalue weighted by atomic mass is 19.4. The number of aliphatic carboxylic acids is 1. The molecule has 1 aromatic carbocycles. The topological polar surface area (TPSA) is 66.4 Å². The van der Waals surface area contributed by atoms with Gasteiger partial charge in [-0.1, -0.05) is 19.8 Å². The fraction of sp³-hybridized carbons (Fsp3) is 0.429. The maximum atomic E-state index is 13.4. The minimum absolute atomic E-state index is 0.181. The molecule has 0 aliphatic carbocycles. The molecule has 0 spiro atoms. The van der Waals surface area contributed by atoms with E-state index >= 15 is 0 Å². The lowest BCUT2D eigenvalue weighted by molar-refractivity contribution is -0.140. The minimum atomic E-state index is -4.86. The fourth-order valence-corrected chi connectivity index (χ4v) is 1.79. The SMILES string of the molecule is CCCC[C@H](NC(=O)c1ccc(C(F)(F)F)c(F)c1)C(=O)O. The average molecular weight is 321 g/mol. The van der Waals surface area contributed by atoms with Crippen LogP contribution in [0.4, 0.5) is 17.6 Å². The second-order valence-corrected chi connectivity index (χ2v) is 4.70. The Labute approximate surface area is 124 Å². The molecule has 0 saturated heterocycles. The van der Waals surface area contributed by atoms with Crippen molar-refractivity contribution in [1.82, 2.24) is 5.32 Å². The molecule has 0 heterocycles. The molecule has 122 valence electrons. The highest BCUT2D eigenvalue weighted by molar-refractivity contribution is 5.96. The zero-order chi connectivity index (χ0) is 16.9. The maximum Gasteiger partial charge on any atom is 0.419 e. The van der Waals surface area contributed by atoms with Crippen LogP contribution in [0.1, 0.15) is 42.1 Å². The van der Waals surface area contributed by atoms with E-state index in [9.17, 15) is 27.2 Å². The molecule has 0 bridgehead atoms. The summed E-state index contributed by atoms with van der Waals surface area (Å²) in [6, 6.07) is 0.529. The molecule has 8 heteroatoms. The number of nitrogens with one attached hydrogen (secondary N) is 1. The summed E-state index contributed by atoms with van der Waals surface area (Å²) in [5, 5.41) is 11.1. The Bertz CT molecular complexity index is 558. The first-order valence-electron chi connectivity index (χ1n) is 6.57. The summed E-state index contributed by atoms with van der Waals surface area (Å²) in [7, 11) is 0. The van der Waals surface area contributed by atoms with Gasteiger partial charge in [-0.25, -0.2) is 9.18 Å². The van der Waals surface area contributed by atoms with Crippen molar-refractivity contribution in [3.05, 3.63) is 35.1 Å². The highest BCUT2D eigenvalue weighted by Gasteiger charge is 2.34. The molecule has 0 unspecified atom stereocenters. The third kappa shape index (κ3) is 4.71. The van der Waals surface area contributed by atoms with E-state index in [2.05, 4.69) is 5.32 Å². The van der Waals surface area contributed by atoms with Gasteiger partial charge in [0.1, 0.15) is 11.9 Å². The highest BCUT2D eigenvalue weighted by Crippen LogP contribution is 2.31. The number of carbonyl (C=O) groups is 2.